The highest BCUT2D eigenvalue weighted by molar-refractivity contribution is 5.53. The van der Waals surface area contributed by atoms with Gasteiger partial charge in [-0.1, -0.05) is 18.2 Å². The predicted octanol–water partition coefficient (Wildman–Crippen LogP) is 2.79. The lowest BCUT2D eigenvalue weighted by molar-refractivity contribution is 0.229. The van der Waals surface area contributed by atoms with Gasteiger partial charge in [-0.25, -0.2) is 0 Å². The van der Waals surface area contributed by atoms with Crippen LogP contribution in [-0.2, 0) is 6.42 Å². The molecule has 2 aromatic carbocycles. The zero-order chi connectivity index (χ0) is 19.6. The number of aryl methyl sites for hydroxylation is 1. The van der Waals surface area contributed by atoms with Crippen LogP contribution in [0.3, 0.4) is 0 Å². The maximum Gasteiger partial charge on any atom is 0.164 e. The molecule has 6 nitrogen and oxygen atoms in total. The van der Waals surface area contributed by atoms with Gasteiger partial charge in [-0.3, -0.25) is 0 Å². The van der Waals surface area contributed by atoms with Crippen LogP contribution in [0.5, 0.6) is 23.0 Å². The molecule has 2 N–H and O–H groups in total. The van der Waals surface area contributed by atoms with Gasteiger partial charge in [0, 0.05) is 18.1 Å². The van der Waals surface area contributed by atoms with Gasteiger partial charge in [0.1, 0.15) is 0 Å². The second-order valence-electron chi connectivity index (χ2n) is 6.09. The Labute approximate surface area is 160 Å². The molecule has 0 saturated heterocycles. The molecule has 0 bridgehead atoms. The SMILES string of the molecule is COc1cc(CCCO)cc2c1OCC2CO.COc1ccccc1OC. The van der Waals surface area contributed by atoms with E-state index in [0.29, 0.717) is 12.4 Å². The fraction of sp³-hybridized carbons (Fsp3) is 0.429. The minimum Gasteiger partial charge on any atom is -0.493 e. The van der Waals surface area contributed by atoms with Crippen molar-refractivity contribution in [3.63, 3.8) is 0 Å². The molecule has 0 radical (unpaired) electrons. The molecule has 0 fully saturated rings. The van der Waals surface area contributed by atoms with Gasteiger partial charge >= 0.3 is 0 Å². The summed E-state index contributed by atoms with van der Waals surface area (Å²) in [5, 5.41) is 18.1. The van der Waals surface area contributed by atoms with Crippen LogP contribution in [0.4, 0.5) is 0 Å². The summed E-state index contributed by atoms with van der Waals surface area (Å²) in [6, 6.07) is 11.5. The Bertz CT molecular complexity index is 693. The fourth-order valence-corrected chi connectivity index (χ4v) is 2.93. The van der Waals surface area contributed by atoms with Crippen molar-refractivity contribution >= 4 is 0 Å². The molecule has 1 unspecified atom stereocenters. The van der Waals surface area contributed by atoms with Crippen molar-refractivity contribution in [3.05, 3.63) is 47.5 Å². The number of hydrogen-bond donors (Lipinski definition) is 2. The largest absolute Gasteiger partial charge is 0.493 e. The highest BCUT2D eigenvalue weighted by Crippen LogP contribution is 2.42. The summed E-state index contributed by atoms with van der Waals surface area (Å²) in [5.74, 6) is 3.04. The van der Waals surface area contributed by atoms with E-state index in [1.54, 1.807) is 21.3 Å². The summed E-state index contributed by atoms with van der Waals surface area (Å²) in [4.78, 5) is 0. The van der Waals surface area contributed by atoms with Crippen LogP contribution in [0.25, 0.3) is 0 Å². The molecule has 148 valence electrons. The van der Waals surface area contributed by atoms with Gasteiger partial charge in [-0.15, -0.1) is 0 Å². The Kier molecular flexibility index (Phi) is 8.23. The molecule has 1 aliphatic heterocycles. The standard InChI is InChI=1S/C13H18O4.C8H10O2/c1-16-12-6-9(3-2-4-14)5-11-10(7-15)8-17-13(11)12;1-9-7-5-3-4-6-8(7)10-2/h5-6,10,14-15H,2-4,7-8H2,1H3;3-6H,1-2H3. The van der Waals surface area contributed by atoms with Crippen molar-refractivity contribution in [2.24, 2.45) is 0 Å². The molecule has 3 rings (SSSR count). The Morgan fingerprint density at radius 1 is 0.963 bits per heavy atom. The van der Waals surface area contributed by atoms with Crippen molar-refractivity contribution in [2.45, 2.75) is 18.8 Å². The molecule has 0 aromatic heterocycles. The van der Waals surface area contributed by atoms with Crippen LogP contribution in [0.2, 0.25) is 0 Å². The van der Waals surface area contributed by atoms with E-state index >= 15 is 0 Å². The normalized spacial score (nSPS) is 14.5. The molecule has 1 aliphatic rings. The number of methoxy groups -OCH3 is 3. The van der Waals surface area contributed by atoms with Gasteiger partial charge < -0.3 is 29.2 Å². The summed E-state index contributed by atoms with van der Waals surface area (Å²) >= 11 is 0. The summed E-state index contributed by atoms with van der Waals surface area (Å²) in [6.07, 6.45) is 1.53. The molecule has 27 heavy (non-hydrogen) atoms. The van der Waals surface area contributed by atoms with Crippen LogP contribution in [0, 0.1) is 0 Å². The molecule has 0 amide bonds. The van der Waals surface area contributed by atoms with E-state index in [4.69, 9.17) is 24.1 Å². The molecule has 6 heteroatoms. The summed E-state index contributed by atoms with van der Waals surface area (Å²) in [5.41, 5.74) is 2.12. The Morgan fingerprint density at radius 2 is 1.59 bits per heavy atom. The maximum absolute atomic E-state index is 9.28. The third-order valence-corrected chi connectivity index (χ3v) is 4.36. The van der Waals surface area contributed by atoms with Gasteiger partial charge in [0.25, 0.3) is 0 Å². The highest BCUT2D eigenvalue weighted by Gasteiger charge is 2.27. The average molecular weight is 376 g/mol. The van der Waals surface area contributed by atoms with Gasteiger partial charge in [-0.05, 0) is 36.6 Å². The van der Waals surface area contributed by atoms with E-state index in [2.05, 4.69) is 0 Å². The van der Waals surface area contributed by atoms with Crippen LogP contribution in [-0.4, -0.2) is 51.4 Å². The maximum atomic E-state index is 9.28. The topological polar surface area (TPSA) is 77.4 Å². The Hall–Kier alpha value is -2.44. The van der Waals surface area contributed by atoms with Gasteiger partial charge in [0.2, 0.25) is 0 Å². The minimum absolute atomic E-state index is 0.0352. The van der Waals surface area contributed by atoms with Crippen LogP contribution >= 0.6 is 0 Å². The first kappa shape index (κ1) is 20.9. The number of fused-ring (bicyclic) bond motifs is 1. The summed E-state index contributed by atoms with van der Waals surface area (Å²) < 4.78 is 20.9. The van der Waals surface area contributed by atoms with E-state index < -0.39 is 0 Å². The van der Waals surface area contributed by atoms with Crippen LogP contribution < -0.4 is 18.9 Å². The highest BCUT2D eigenvalue weighted by atomic mass is 16.5. The van der Waals surface area contributed by atoms with E-state index in [1.807, 2.05) is 36.4 Å². The number of aliphatic hydroxyl groups is 2. The smallest absolute Gasteiger partial charge is 0.164 e. The molecule has 0 aliphatic carbocycles. The minimum atomic E-state index is 0.0352. The quantitative estimate of drug-likeness (QED) is 0.774. The van der Waals surface area contributed by atoms with E-state index in [0.717, 1.165) is 41.2 Å². The predicted molar refractivity (Wildman–Crippen MR) is 103 cm³/mol. The van der Waals surface area contributed by atoms with Crippen molar-refractivity contribution < 1.29 is 29.2 Å². The van der Waals surface area contributed by atoms with Gasteiger partial charge in [0.15, 0.2) is 23.0 Å². The second kappa shape index (κ2) is 10.6. The van der Waals surface area contributed by atoms with Crippen molar-refractivity contribution in [2.75, 3.05) is 41.2 Å². The van der Waals surface area contributed by atoms with E-state index in [9.17, 15) is 5.11 Å². The monoisotopic (exact) mass is 376 g/mol. The zero-order valence-electron chi connectivity index (χ0n) is 16.1. The molecule has 0 saturated carbocycles. The lowest BCUT2D eigenvalue weighted by atomic mass is 9.97. The number of benzene rings is 2. The van der Waals surface area contributed by atoms with E-state index in [1.165, 1.54) is 0 Å². The molecule has 1 atom stereocenters. The van der Waals surface area contributed by atoms with Crippen molar-refractivity contribution in [3.8, 4) is 23.0 Å². The first-order valence-electron chi connectivity index (χ1n) is 8.90. The third-order valence-electron chi connectivity index (χ3n) is 4.36. The lowest BCUT2D eigenvalue weighted by Gasteiger charge is -2.10. The van der Waals surface area contributed by atoms with Gasteiger partial charge in [0.05, 0.1) is 34.5 Å². The van der Waals surface area contributed by atoms with Crippen molar-refractivity contribution in [1.82, 2.24) is 0 Å². The molecule has 1 heterocycles. The molecule has 0 spiro atoms. The lowest BCUT2D eigenvalue weighted by Crippen LogP contribution is -2.05. The van der Waals surface area contributed by atoms with E-state index in [-0.39, 0.29) is 19.1 Å². The van der Waals surface area contributed by atoms with Crippen LogP contribution in [0.1, 0.15) is 23.5 Å². The third kappa shape index (κ3) is 5.28. The second-order valence-corrected chi connectivity index (χ2v) is 6.09. The number of rotatable bonds is 7. The zero-order valence-corrected chi connectivity index (χ0v) is 16.1. The number of aliphatic hydroxyl groups excluding tert-OH is 2. The Morgan fingerprint density at radius 3 is 2.11 bits per heavy atom. The summed E-state index contributed by atoms with van der Waals surface area (Å²) in [6.45, 7) is 0.768. The molecule has 2 aromatic rings. The molecular formula is C21H28O6. The van der Waals surface area contributed by atoms with Gasteiger partial charge in [-0.2, -0.15) is 0 Å². The molecular weight excluding hydrogens is 348 g/mol. The number of para-hydroxylation sites is 2. The first-order chi connectivity index (χ1) is 13.2. The summed E-state index contributed by atoms with van der Waals surface area (Å²) in [7, 11) is 4.86. The van der Waals surface area contributed by atoms with Crippen LogP contribution in [0.15, 0.2) is 36.4 Å². The average Bonchev–Trinajstić information content (AvgIpc) is 3.15. The number of ether oxygens (including phenoxy) is 4. The first-order valence-corrected chi connectivity index (χ1v) is 8.90. The Balaban J connectivity index is 0.000000223. The van der Waals surface area contributed by atoms with Crippen molar-refractivity contribution in [1.29, 1.82) is 0 Å². The fourth-order valence-electron chi connectivity index (χ4n) is 2.93. The number of hydrogen-bond acceptors (Lipinski definition) is 6.